The van der Waals surface area contributed by atoms with Crippen molar-refractivity contribution in [1.82, 2.24) is 5.06 Å². The summed E-state index contributed by atoms with van der Waals surface area (Å²) < 4.78 is 0.579. The summed E-state index contributed by atoms with van der Waals surface area (Å²) in [6.07, 6.45) is 0. The van der Waals surface area contributed by atoms with Crippen LogP contribution >= 0.6 is 0 Å². The number of carbonyl (C=O) groups is 1. The second-order valence-corrected chi connectivity index (χ2v) is 4.33. The fourth-order valence-corrected chi connectivity index (χ4v) is 1.65. The van der Waals surface area contributed by atoms with Gasteiger partial charge in [0.25, 0.3) is 0 Å². The maximum absolute atomic E-state index is 11.8. The molecule has 0 aromatic carbocycles. The van der Waals surface area contributed by atoms with Gasteiger partial charge in [-0.2, -0.15) is 4.74 Å². The molecule has 0 aliphatic carbocycles. The van der Waals surface area contributed by atoms with Crippen LogP contribution < -0.4 is 0 Å². The highest BCUT2D eigenvalue weighted by atomic mass is 16.6. The molecule has 1 heterocycles. The van der Waals surface area contributed by atoms with E-state index in [9.17, 15) is 15.2 Å². The van der Waals surface area contributed by atoms with E-state index < -0.39 is 11.2 Å². The maximum Gasteiger partial charge on any atom is 0.307 e. The molecule has 0 fully saturated rings. The van der Waals surface area contributed by atoms with Gasteiger partial charge in [-0.3, -0.25) is 4.79 Å². The minimum Gasteiger partial charge on any atom is -0.622 e. The van der Waals surface area contributed by atoms with E-state index in [4.69, 9.17) is 0 Å². The fraction of sp³-hybridized carbons (Fsp3) is 0.778. The first kappa shape index (κ1) is 11.1. The molecular formula is C9H16N2O3. The molecule has 0 spiro atoms. The van der Waals surface area contributed by atoms with Crippen LogP contribution in [0.4, 0.5) is 0 Å². The zero-order chi connectivity index (χ0) is 11.3. The number of hydrogen-bond donors (Lipinski definition) is 1. The predicted molar refractivity (Wildman–Crippen MR) is 51.1 cm³/mol. The Kier molecular flexibility index (Phi) is 2.21. The summed E-state index contributed by atoms with van der Waals surface area (Å²) >= 11 is 0. The Hall–Kier alpha value is -0.940. The van der Waals surface area contributed by atoms with E-state index in [0.29, 0.717) is 10.5 Å². The van der Waals surface area contributed by atoms with Crippen LogP contribution in [0.1, 0.15) is 34.6 Å². The highest BCUT2D eigenvalue weighted by Crippen LogP contribution is 2.32. The molecule has 1 N–H and O–H groups in total. The molecule has 0 saturated carbocycles. The van der Waals surface area contributed by atoms with Crippen molar-refractivity contribution in [3.63, 3.8) is 0 Å². The van der Waals surface area contributed by atoms with Crippen LogP contribution in [0, 0.1) is 5.21 Å². The summed E-state index contributed by atoms with van der Waals surface area (Å²) in [6.45, 7) is 7.72. The lowest BCUT2D eigenvalue weighted by Gasteiger charge is -2.30. The molecule has 1 aliphatic heterocycles. The van der Waals surface area contributed by atoms with Crippen LogP contribution in [-0.4, -0.2) is 37.7 Å². The quantitative estimate of drug-likeness (QED) is 0.501. The second kappa shape index (κ2) is 2.77. The van der Waals surface area contributed by atoms with Gasteiger partial charge in [-0.25, -0.2) is 0 Å². The van der Waals surface area contributed by atoms with Gasteiger partial charge >= 0.3 is 5.66 Å². The zero-order valence-electron chi connectivity index (χ0n) is 9.16. The van der Waals surface area contributed by atoms with E-state index in [1.807, 2.05) is 0 Å². The summed E-state index contributed by atoms with van der Waals surface area (Å²) in [7, 11) is 0. The minimum absolute atomic E-state index is 0.375. The number of hydrogen-bond acceptors (Lipinski definition) is 4. The predicted octanol–water partition coefficient (Wildman–Crippen LogP) is 0.746. The number of rotatable bonds is 1. The lowest BCUT2D eigenvalue weighted by molar-refractivity contribution is -0.565. The van der Waals surface area contributed by atoms with E-state index in [0.717, 1.165) is 5.06 Å². The second-order valence-electron chi connectivity index (χ2n) is 4.33. The summed E-state index contributed by atoms with van der Waals surface area (Å²) in [5, 5.41) is 22.4. The van der Waals surface area contributed by atoms with Crippen LogP contribution in [0.25, 0.3) is 0 Å². The SMILES string of the molecule is CC(=O)[C@@]1(C)N(O)C(C)(C)C(C)=[N+]1[O-]. The lowest BCUT2D eigenvalue weighted by atomic mass is 9.99. The smallest absolute Gasteiger partial charge is 0.307 e. The fourth-order valence-electron chi connectivity index (χ4n) is 1.65. The third-order valence-electron chi connectivity index (χ3n) is 3.19. The number of ketones is 1. The molecular weight excluding hydrogens is 184 g/mol. The molecule has 5 nitrogen and oxygen atoms in total. The number of nitrogens with zero attached hydrogens (tertiary/aromatic N) is 2. The summed E-state index contributed by atoms with van der Waals surface area (Å²) in [6, 6.07) is 0. The van der Waals surface area contributed by atoms with E-state index in [1.165, 1.54) is 13.8 Å². The van der Waals surface area contributed by atoms with Gasteiger partial charge < -0.3 is 10.4 Å². The first-order valence-electron chi connectivity index (χ1n) is 4.48. The van der Waals surface area contributed by atoms with Gasteiger partial charge in [-0.1, -0.05) is 0 Å². The number of Topliss-reactive ketones (excluding diaryl/α,β-unsaturated/α-hetero) is 1. The Morgan fingerprint density at radius 3 is 2.07 bits per heavy atom. The summed E-state index contributed by atoms with van der Waals surface area (Å²) in [5.74, 6) is -0.375. The Morgan fingerprint density at radius 1 is 1.50 bits per heavy atom. The standard InChI is InChI=1S/C9H16N2O3/c1-6-8(3,4)11(14)9(5,7(2)12)10(6)13/h14H,1-5H3/t9-/m1/s1. The van der Waals surface area contributed by atoms with E-state index in [2.05, 4.69) is 0 Å². The Labute approximate surface area is 83.2 Å². The Balaban J connectivity index is 3.35. The van der Waals surface area contributed by atoms with Crippen molar-refractivity contribution < 1.29 is 14.7 Å². The molecule has 5 heteroatoms. The highest BCUT2D eigenvalue weighted by Gasteiger charge is 2.60. The maximum atomic E-state index is 11.8. The van der Waals surface area contributed by atoms with Gasteiger partial charge in [-0.05, 0) is 13.8 Å². The van der Waals surface area contributed by atoms with Crippen LogP contribution in [0.5, 0.6) is 0 Å². The van der Waals surface area contributed by atoms with E-state index >= 15 is 0 Å². The van der Waals surface area contributed by atoms with Gasteiger partial charge in [0.05, 0.1) is 0 Å². The van der Waals surface area contributed by atoms with Crippen molar-refractivity contribution >= 4 is 11.5 Å². The van der Waals surface area contributed by atoms with Crippen molar-refractivity contribution in [2.24, 2.45) is 0 Å². The van der Waals surface area contributed by atoms with Crippen molar-refractivity contribution in [3.8, 4) is 0 Å². The molecule has 0 saturated heterocycles. The van der Waals surface area contributed by atoms with Crippen LogP contribution in [-0.2, 0) is 4.79 Å². The van der Waals surface area contributed by atoms with E-state index in [1.54, 1.807) is 20.8 Å². The van der Waals surface area contributed by atoms with E-state index in [-0.39, 0.29) is 5.78 Å². The zero-order valence-corrected chi connectivity index (χ0v) is 9.16. The van der Waals surface area contributed by atoms with Gasteiger partial charge in [0.15, 0.2) is 5.71 Å². The highest BCUT2D eigenvalue weighted by molar-refractivity contribution is 5.93. The van der Waals surface area contributed by atoms with Gasteiger partial charge in [0.1, 0.15) is 5.54 Å². The third-order valence-corrected chi connectivity index (χ3v) is 3.19. The van der Waals surface area contributed by atoms with Crippen LogP contribution in [0.2, 0.25) is 0 Å². The summed E-state index contributed by atoms with van der Waals surface area (Å²) in [4.78, 5) is 11.4. The topological polar surface area (TPSA) is 66.6 Å². The molecule has 0 aromatic rings. The number of hydroxylamine groups is 3. The first-order valence-corrected chi connectivity index (χ1v) is 4.48. The Bertz CT molecular complexity index is 322. The lowest BCUT2D eigenvalue weighted by Crippen LogP contribution is -2.56. The van der Waals surface area contributed by atoms with Crippen molar-refractivity contribution in [2.45, 2.75) is 45.8 Å². The third kappa shape index (κ3) is 1.02. The molecule has 0 amide bonds. The molecule has 1 aliphatic rings. The Morgan fingerprint density at radius 2 is 1.93 bits per heavy atom. The normalized spacial score (nSPS) is 32.4. The van der Waals surface area contributed by atoms with Gasteiger partial charge in [-0.15, -0.1) is 5.06 Å². The van der Waals surface area contributed by atoms with Crippen molar-refractivity contribution in [2.75, 3.05) is 0 Å². The first-order chi connectivity index (χ1) is 6.16. The molecule has 0 aromatic heterocycles. The molecule has 0 bridgehead atoms. The number of carbonyl (C=O) groups excluding carboxylic acids is 1. The average Bonchev–Trinajstić information content (AvgIpc) is 2.21. The molecule has 0 unspecified atom stereocenters. The van der Waals surface area contributed by atoms with Crippen LogP contribution in [0.3, 0.4) is 0 Å². The molecule has 1 atom stereocenters. The van der Waals surface area contributed by atoms with Gasteiger partial charge in [0.2, 0.25) is 5.78 Å². The van der Waals surface area contributed by atoms with Gasteiger partial charge in [0, 0.05) is 20.8 Å². The molecule has 0 radical (unpaired) electrons. The molecule has 80 valence electrons. The molecule has 14 heavy (non-hydrogen) atoms. The average molecular weight is 200 g/mol. The largest absolute Gasteiger partial charge is 0.622 e. The summed E-state index contributed by atoms with van der Waals surface area (Å²) in [5.41, 5.74) is -1.87. The molecule has 1 rings (SSSR count). The minimum atomic E-state index is -1.49. The van der Waals surface area contributed by atoms with Crippen LogP contribution in [0.15, 0.2) is 0 Å². The van der Waals surface area contributed by atoms with Crippen molar-refractivity contribution in [1.29, 1.82) is 0 Å². The van der Waals surface area contributed by atoms with Crippen molar-refractivity contribution in [3.05, 3.63) is 5.21 Å². The monoisotopic (exact) mass is 200 g/mol.